The summed E-state index contributed by atoms with van der Waals surface area (Å²) in [6.45, 7) is 3.08. The van der Waals surface area contributed by atoms with Crippen LogP contribution in [0.15, 0.2) is 30.3 Å². The van der Waals surface area contributed by atoms with Gasteiger partial charge in [-0.25, -0.2) is 8.42 Å². The zero-order valence-corrected chi connectivity index (χ0v) is 11.5. The van der Waals surface area contributed by atoms with Crippen molar-refractivity contribution in [3.05, 3.63) is 35.9 Å². The summed E-state index contributed by atoms with van der Waals surface area (Å²) in [4.78, 5) is 0. The molecule has 1 aromatic rings. The Morgan fingerprint density at radius 2 is 2.00 bits per heavy atom. The van der Waals surface area contributed by atoms with Crippen LogP contribution in [0, 0.1) is 5.92 Å². The molecule has 18 heavy (non-hydrogen) atoms. The fourth-order valence-corrected chi connectivity index (χ4v) is 3.96. The molecule has 0 aliphatic carbocycles. The van der Waals surface area contributed by atoms with Crippen LogP contribution in [0.1, 0.15) is 25.3 Å². The molecule has 1 aromatic carbocycles. The molecule has 0 N–H and O–H groups in total. The largest absolute Gasteiger partial charge is 0.376 e. The van der Waals surface area contributed by atoms with Crippen LogP contribution in [-0.4, -0.2) is 26.0 Å². The molecule has 1 fully saturated rings. The van der Waals surface area contributed by atoms with E-state index >= 15 is 0 Å². The van der Waals surface area contributed by atoms with E-state index in [9.17, 15) is 8.42 Å². The maximum atomic E-state index is 11.6. The second-order valence-corrected chi connectivity index (χ2v) is 7.61. The first-order valence-corrected chi connectivity index (χ1v) is 8.13. The van der Waals surface area contributed by atoms with Gasteiger partial charge in [0, 0.05) is 6.61 Å². The molecule has 1 heterocycles. The molecule has 0 spiro atoms. The van der Waals surface area contributed by atoms with Gasteiger partial charge < -0.3 is 4.74 Å². The third kappa shape index (κ3) is 3.56. The van der Waals surface area contributed by atoms with E-state index in [1.165, 1.54) is 0 Å². The van der Waals surface area contributed by atoms with Crippen LogP contribution in [0.2, 0.25) is 0 Å². The minimum absolute atomic E-state index is 0.212. The van der Waals surface area contributed by atoms with Gasteiger partial charge in [0.1, 0.15) is 0 Å². The SMILES string of the molecule is CC1CC(COCc2ccccc2)CCS1(=O)=O. The molecule has 1 aliphatic heterocycles. The number of ether oxygens (including phenoxy) is 1. The van der Waals surface area contributed by atoms with Gasteiger partial charge in [0.05, 0.1) is 17.6 Å². The normalized spacial score (nSPS) is 26.9. The molecule has 1 saturated heterocycles. The van der Waals surface area contributed by atoms with E-state index in [0.717, 1.165) is 18.4 Å². The lowest BCUT2D eigenvalue weighted by atomic mass is 10.0. The van der Waals surface area contributed by atoms with Crippen molar-refractivity contribution in [1.82, 2.24) is 0 Å². The Balaban J connectivity index is 1.75. The lowest BCUT2D eigenvalue weighted by Gasteiger charge is -2.26. The van der Waals surface area contributed by atoms with E-state index in [2.05, 4.69) is 0 Å². The zero-order valence-electron chi connectivity index (χ0n) is 10.7. The number of benzene rings is 1. The maximum Gasteiger partial charge on any atom is 0.152 e. The van der Waals surface area contributed by atoms with Crippen LogP contribution < -0.4 is 0 Å². The maximum absolute atomic E-state index is 11.6. The van der Waals surface area contributed by atoms with E-state index in [0.29, 0.717) is 24.9 Å². The second-order valence-electron chi connectivity index (χ2n) is 5.07. The minimum Gasteiger partial charge on any atom is -0.376 e. The molecule has 0 radical (unpaired) electrons. The number of sulfone groups is 1. The number of rotatable bonds is 4. The van der Waals surface area contributed by atoms with Gasteiger partial charge >= 0.3 is 0 Å². The van der Waals surface area contributed by atoms with E-state index in [-0.39, 0.29) is 5.25 Å². The first kappa shape index (κ1) is 13.6. The summed E-state index contributed by atoms with van der Waals surface area (Å²) in [5.41, 5.74) is 1.16. The monoisotopic (exact) mass is 268 g/mol. The number of hydrogen-bond acceptors (Lipinski definition) is 3. The predicted molar refractivity (Wildman–Crippen MR) is 72.1 cm³/mol. The Bertz CT molecular complexity index is 467. The summed E-state index contributed by atoms with van der Waals surface area (Å²) in [6.07, 6.45) is 1.47. The van der Waals surface area contributed by atoms with Crippen LogP contribution in [0.3, 0.4) is 0 Å². The van der Waals surface area contributed by atoms with Crippen LogP contribution in [0.25, 0.3) is 0 Å². The highest BCUT2D eigenvalue weighted by molar-refractivity contribution is 7.92. The molecule has 0 bridgehead atoms. The van der Waals surface area contributed by atoms with Crippen molar-refractivity contribution in [3.63, 3.8) is 0 Å². The Morgan fingerprint density at radius 1 is 1.28 bits per heavy atom. The van der Waals surface area contributed by atoms with Crippen molar-refractivity contribution < 1.29 is 13.2 Å². The molecule has 2 unspecified atom stereocenters. The smallest absolute Gasteiger partial charge is 0.152 e. The molecule has 1 aliphatic rings. The van der Waals surface area contributed by atoms with Gasteiger partial charge in [-0.1, -0.05) is 30.3 Å². The van der Waals surface area contributed by atoms with Gasteiger partial charge in [-0.3, -0.25) is 0 Å². The Hall–Kier alpha value is -0.870. The molecule has 0 saturated carbocycles. The standard InChI is InChI=1S/C14H20O3S/c1-12-9-14(7-8-18(12,15)16)11-17-10-13-5-3-2-4-6-13/h2-6,12,14H,7-11H2,1H3. The van der Waals surface area contributed by atoms with Crippen LogP contribution >= 0.6 is 0 Å². The van der Waals surface area contributed by atoms with Crippen molar-refractivity contribution >= 4 is 9.84 Å². The molecule has 2 atom stereocenters. The van der Waals surface area contributed by atoms with Gasteiger partial charge in [-0.2, -0.15) is 0 Å². The molecular formula is C14H20O3S. The lowest BCUT2D eigenvalue weighted by Crippen LogP contribution is -2.32. The summed E-state index contributed by atoms with van der Waals surface area (Å²) >= 11 is 0. The van der Waals surface area contributed by atoms with E-state index < -0.39 is 9.84 Å². The van der Waals surface area contributed by atoms with Gasteiger partial charge in [0.25, 0.3) is 0 Å². The van der Waals surface area contributed by atoms with E-state index in [1.807, 2.05) is 30.3 Å². The van der Waals surface area contributed by atoms with Gasteiger partial charge in [0.2, 0.25) is 0 Å². The van der Waals surface area contributed by atoms with Crippen molar-refractivity contribution in [3.8, 4) is 0 Å². The fraction of sp³-hybridized carbons (Fsp3) is 0.571. The quantitative estimate of drug-likeness (QED) is 0.842. The van der Waals surface area contributed by atoms with Crippen LogP contribution in [0.4, 0.5) is 0 Å². The Morgan fingerprint density at radius 3 is 2.67 bits per heavy atom. The van der Waals surface area contributed by atoms with Crippen molar-refractivity contribution in [2.45, 2.75) is 31.6 Å². The lowest BCUT2D eigenvalue weighted by molar-refractivity contribution is 0.0815. The molecule has 100 valence electrons. The third-order valence-electron chi connectivity index (χ3n) is 3.55. The van der Waals surface area contributed by atoms with Crippen molar-refractivity contribution in [2.24, 2.45) is 5.92 Å². The molecule has 2 rings (SSSR count). The molecular weight excluding hydrogens is 248 g/mol. The van der Waals surface area contributed by atoms with Crippen molar-refractivity contribution in [1.29, 1.82) is 0 Å². The summed E-state index contributed by atoms with van der Waals surface area (Å²) in [7, 11) is -2.83. The first-order chi connectivity index (χ1) is 8.58. The van der Waals surface area contributed by atoms with Crippen LogP contribution in [0.5, 0.6) is 0 Å². The average Bonchev–Trinajstić information content (AvgIpc) is 2.35. The minimum atomic E-state index is -2.83. The molecule has 4 heteroatoms. The third-order valence-corrected chi connectivity index (χ3v) is 5.78. The highest BCUT2D eigenvalue weighted by atomic mass is 32.2. The average molecular weight is 268 g/mol. The van der Waals surface area contributed by atoms with Crippen molar-refractivity contribution in [2.75, 3.05) is 12.4 Å². The summed E-state index contributed by atoms with van der Waals surface area (Å²) in [5, 5.41) is -0.212. The Labute approximate surface area is 109 Å². The van der Waals surface area contributed by atoms with Gasteiger partial charge in [-0.15, -0.1) is 0 Å². The first-order valence-electron chi connectivity index (χ1n) is 6.41. The zero-order chi connectivity index (χ0) is 13.0. The van der Waals surface area contributed by atoms with E-state index in [4.69, 9.17) is 4.74 Å². The van der Waals surface area contributed by atoms with Gasteiger partial charge in [-0.05, 0) is 31.2 Å². The molecule has 0 amide bonds. The summed E-state index contributed by atoms with van der Waals surface area (Å²) < 4.78 is 28.8. The Kier molecular flexibility index (Phi) is 4.40. The topological polar surface area (TPSA) is 43.4 Å². The highest BCUT2D eigenvalue weighted by Gasteiger charge is 2.30. The second kappa shape index (κ2) is 5.85. The predicted octanol–water partition coefficient (Wildman–Crippen LogP) is 2.42. The summed E-state index contributed by atoms with van der Waals surface area (Å²) in [6, 6.07) is 10.0. The van der Waals surface area contributed by atoms with Crippen LogP contribution in [-0.2, 0) is 21.2 Å². The highest BCUT2D eigenvalue weighted by Crippen LogP contribution is 2.25. The fourth-order valence-electron chi connectivity index (χ4n) is 2.34. The molecule has 0 aromatic heterocycles. The summed E-state index contributed by atoms with van der Waals surface area (Å²) in [5.74, 6) is 0.695. The number of hydrogen-bond donors (Lipinski definition) is 0. The van der Waals surface area contributed by atoms with Gasteiger partial charge in [0.15, 0.2) is 9.84 Å². The molecule has 3 nitrogen and oxygen atoms in total. The van der Waals surface area contributed by atoms with E-state index in [1.54, 1.807) is 6.92 Å².